The zero-order chi connectivity index (χ0) is 11.8. The van der Waals surface area contributed by atoms with E-state index in [4.69, 9.17) is 5.11 Å². The molecule has 90 valence electrons. The van der Waals surface area contributed by atoms with Gasteiger partial charge < -0.3 is 10.4 Å². The average Bonchev–Trinajstić information content (AvgIpc) is 2.11. The number of carbonyl (C=O) groups is 1. The van der Waals surface area contributed by atoms with Crippen molar-refractivity contribution >= 4 is 16.8 Å². The molecule has 0 fully saturated rings. The lowest BCUT2D eigenvalue weighted by atomic mass is 10.1. The van der Waals surface area contributed by atoms with Crippen LogP contribution in [0, 0.1) is 0 Å². The quantitative estimate of drug-likeness (QED) is 0.658. The second kappa shape index (κ2) is 7.82. The Hall–Kier alpha value is -0.420. The summed E-state index contributed by atoms with van der Waals surface area (Å²) in [5.74, 6) is -0.0641. The molecule has 0 rings (SSSR count). The predicted octanol–water partition coefficient (Wildman–Crippen LogP) is 0.986. The summed E-state index contributed by atoms with van der Waals surface area (Å²) in [4.78, 5) is 10.3. The fraction of sp³-hybridized carbons (Fsp3) is 0.900. The highest BCUT2D eigenvalue weighted by Gasteiger charge is 2.09. The Bertz CT molecular complexity index is 199. The van der Waals surface area contributed by atoms with Crippen molar-refractivity contribution in [3.8, 4) is 0 Å². The van der Waals surface area contributed by atoms with Gasteiger partial charge in [0.15, 0.2) is 0 Å². The van der Waals surface area contributed by atoms with Crippen LogP contribution in [0.25, 0.3) is 0 Å². The van der Waals surface area contributed by atoms with Gasteiger partial charge >= 0.3 is 5.97 Å². The van der Waals surface area contributed by atoms with Crippen LogP contribution >= 0.6 is 0 Å². The monoisotopic (exact) mass is 235 g/mol. The molecule has 0 aliphatic rings. The van der Waals surface area contributed by atoms with E-state index in [-0.39, 0.29) is 18.5 Å². The molecule has 0 bridgehead atoms. The van der Waals surface area contributed by atoms with Crippen LogP contribution in [0.1, 0.15) is 33.1 Å². The lowest BCUT2D eigenvalue weighted by Gasteiger charge is -2.18. The first-order chi connectivity index (χ1) is 6.91. The number of nitrogens with one attached hydrogen (secondary N) is 1. The Kier molecular flexibility index (Phi) is 7.60. The number of carboxylic acids is 1. The van der Waals surface area contributed by atoms with Gasteiger partial charge in [-0.2, -0.15) is 0 Å². The van der Waals surface area contributed by atoms with Crippen molar-refractivity contribution in [3.05, 3.63) is 0 Å². The Morgan fingerprint density at radius 2 is 1.87 bits per heavy atom. The second-order valence-electron chi connectivity index (χ2n) is 3.97. The molecule has 0 aliphatic heterocycles. The first-order valence-electron chi connectivity index (χ1n) is 5.19. The lowest BCUT2D eigenvalue weighted by Crippen LogP contribution is -2.35. The van der Waals surface area contributed by atoms with Crippen LogP contribution in [0.4, 0.5) is 0 Å². The largest absolute Gasteiger partial charge is 0.481 e. The molecule has 0 aromatic carbocycles. The highest BCUT2D eigenvalue weighted by atomic mass is 32.2. The highest BCUT2D eigenvalue weighted by molar-refractivity contribution is 7.84. The molecular weight excluding hydrogens is 214 g/mol. The molecule has 0 radical (unpaired) electrons. The number of rotatable bonds is 8. The number of carboxylic acid groups (broad SMARTS) is 1. The van der Waals surface area contributed by atoms with Gasteiger partial charge in [0.1, 0.15) is 0 Å². The van der Waals surface area contributed by atoms with Gasteiger partial charge in [0.2, 0.25) is 0 Å². The summed E-state index contributed by atoms with van der Waals surface area (Å²) >= 11 is 0. The minimum absolute atomic E-state index is 0.195. The summed E-state index contributed by atoms with van der Waals surface area (Å²) in [5.41, 5.74) is 0. The van der Waals surface area contributed by atoms with E-state index >= 15 is 0 Å². The molecule has 3 atom stereocenters. The molecule has 15 heavy (non-hydrogen) atoms. The Morgan fingerprint density at radius 3 is 2.33 bits per heavy atom. The minimum atomic E-state index is -0.758. The standard InChI is InChI=1S/C10H21NO3S/c1-8(4-5-10(12)13)11-9(2)6-7-15(3)14/h8-9,11H,4-7H2,1-3H3,(H,12,13). The average molecular weight is 235 g/mol. The third-order valence-electron chi connectivity index (χ3n) is 2.20. The van der Waals surface area contributed by atoms with E-state index in [0.717, 1.165) is 6.42 Å². The van der Waals surface area contributed by atoms with Crippen LogP contribution in [-0.4, -0.2) is 39.4 Å². The molecule has 0 aromatic rings. The van der Waals surface area contributed by atoms with Gasteiger partial charge in [0.05, 0.1) is 0 Å². The van der Waals surface area contributed by atoms with Crippen LogP contribution in [0.5, 0.6) is 0 Å². The molecule has 0 amide bonds. The lowest BCUT2D eigenvalue weighted by molar-refractivity contribution is -0.137. The van der Waals surface area contributed by atoms with Crippen LogP contribution < -0.4 is 5.32 Å². The summed E-state index contributed by atoms with van der Waals surface area (Å²) in [7, 11) is -0.746. The van der Waals surface area contributed by atoms with Crippen molar-refractivity contribution in [1.82, 2.24) is 5.32 Å². The van der Waals surface area contributed by atoms with E-state index < -0.39 is 16.8 Å². The first kappa shape index (κ1) is 14.6. The van der Waals surface area contributed by atoms with Crippen LogP contribution in [0.15, 0.2) is 0 Å². The first-order valence-corrected chi connectivity index (χ1v) is 6.92. The fourth-order valence-electron chi connectivity index (χ4n) is 1.34. The molecular formula is C10H21NO3S. The van der Waals surface area contributed by atoms with E-state index in [1.54, 1.807) is 6.26 Å². The summed E-state index contributed by atoms with van der Waals surface area (Å²) in [6, 6.07) is 0.485. The van der Waals surface area contributed by atoms with E-state index in [1.165, 1.54) is 0 Å². The van der Waals surface area contributed by atoms with Gasteiger partial charge in [0.25, 0.3) is 0 Å². The van der Waals surface area contributed by atoms with Crippen molar-refractivity contribution in [3.63, 3.8) is 0 Å². The molecule has 0 heterocycles. The van der Waals surface area contributed by atoms with E-state index in [9.17, 15) is 9.00 Å². The van der Waals surface area contributed by atoms with Gasteiger partial charge in [0, 0.05) is 41.3 Å². The van der Waals surface area contributed by atoms with Gasteiger partial charge in [-0.15, -0.1) is 0 Å². The summed E-state index contributed by atoms with van der Waals surface area (Å²) in [5, 5.41) is 11.8. The molecule has 3 unspecified atom stereocenters. The molecule has 2 N–H and O–H groups in total. The van der Waals surface area contributed by atoms with E-state index in [2.05, 4.69) is 5.32 Å². The number of hydrogen-bond donors (Lipinski definition) is 2. The van der Waals surface area contributed by atoms with Crippen molar-refractivity contribution in [2.75, 3.05) is 12.0 Å². The fourth-order valence-corrected chi connectivity index (χ4v) is 2.02. The maximum Gasteiger partial charge on any atom is 0.303 e. The zero-order valence-corrected chi connectivity index (χ0v) is 10.5. The predicted molar refractivity (Wildman–Crippen MR) is 62.5 cm³/mol. The maximum absolute atomic E-state index is 10.9. The summed E-state index contributed by atoms with van der Waals surface area (Å²) < 4.78 is 10.9. The van der Waals surface area contributed by atoms with E-state index in [1.807, 2.05) is 13.8 Å². The van der Waals surface area contributed by atoms with Crippen LogP contribution in [0.3, 0.4) is 0 Å². The minimum Gasteiger partial charge on any atom is -0.481 e. The van der Waals surface area contributed by atoms with Crippen LogP contribution in [0.2, 0.25) is 0 Å². The zero-order valence-electron chi connectivity index (χ0n) is 9.66. The van der Waals surface area contributed by atoms with Crippen molar-refractivity contribution in [2.24, 2.45) is 0 Å². The Labute approximate surface area is 93.9 Å². The molecule has 0 spiro atoms. The van der Waals surface area contributed by atoms with Crippen molar-refractivity contribution in [1.29, 1.82) is 0 Å². The van der Waals surface area contributed by atoms with Gasteiger partial charge in [-0.05, 0) is 26.7 Å². The summed E-state index contributed by atoms with van der Waals surface area (Å²) in [6.45, 7) is 4.01. The number of aliphatic carboxylic acids is 1. The van der Waals surface area contributed by atoms with Crippen molar-refractivity contribution < 1.29 is 14.1 Å². The smallest absolute Gasteiger partial charge is 0.303 e. The Morgan fingerprint density at radius 1 is 1.33 bits per heavy atom. The molecule has 0 saturated heterocycles. The molecule has 0 saturated carbocycles. The molecule has 0 aromatic heterocycles. The number of hydrogen-bond acceptors (Lipinski definition) is 3. The third kappa shape index (κ3) is 9.87. The molecule has 0 aliphatic carbocycles. The highest BCUT2D eigenvalue weighted by Crippen LogP contribution is 2.00. The maximum atomic E-state index is 10.9. The topological polar surface area (TPSA) is 66.4 Å². The summed E-state index contributed by atoms with van der Waals surface area (Å²) in [6.07, 6.45) is 3.39. The van der Waals surface area contributed by atoms with Gasteiger partial charge in [-0.25, -0.2) is 0 Å². The normalized spacial score (nSPS) is 17.0. The van der Waals surface area contributed by atoms with Crippen molar-refractivity contribution in [2.45, 2.75) is 45.2 Å². The van der Waals surface area contributed by atoms with Gasteiger partial charge in [-0.1, -0.05) is 0 Å². The molecule has 5 heteroatoms. The SMILES string of the molecule is CC(CCC(=O)O)NC(C)CCS(C)=O. The van der Waals surface area contributed by atoms with Gasteiger partial charge in [-0.3, -0.25) is 9.00 Å². The third-order valence-corrected chi connectivity index (χ3v) is 3.01. The second-order valence-corrected chi connectivity index (χ2v) is 5.52. The van der Waals surface area contributed by atoms with E-state index in [0.29, 0.717) is 12.2 Å². The van der Waals surface area contributed by atoms with Crippen LogP contribution in [-0.2, 0) is 15.6 Å². The Balaban J connectivity index is 3.61. The molecule has 4 nitrogen and oxygen atoms in total.